The molecule has 0 N–H and O–H groups in total. The predicted molar refractivity (Wildman–Crippen MR) is 80.5 cm³/mol. The summed E-state index contributed by atoms with van der Waals surface area (Å²) in [4.78, 5) is 11.5. The Hall–Kier alpha value is -0.650. The number of likely N-dealkylation sites (tertiary alicyclic amines) is 1. The van der Waals surface area contributed by atoms with E-state index < -0.39 is 0 Å². The maximum atomic E-state index is 6.00. The molecule has 2 aromatic rings. The number of hydrogen-bond acceptors (Lipinski definition) is 3. The van der Waals surface area contributed by atoms with Crippen LogP contribution in [0, 0.1) is 0 Å². The molecule has 0 aliphatic carbocycles. The quantitative estimate of drug-likeness (QED) is 0.800. The van der Waals surface area contributed by atoms with Gasteiger partial charge in [-0.3, -0.25) is 0 Å². The lowest BCUT2D eigenvalue weighted by atomic mass is 10.4. The van der Waals surface area contributed by atoms with E-state index in [9.17, 15) is 0 Å². The van der Waals surface area contributed by atoms with Crippen molar-refractivity contribution in [3.8, 4) is 0 Å². The molecule has 19 heavy (non-hydrogen) atoms. The number of hydrogen-bond donors (Lipinski definition) is 0. The number of nitrogens with zero attached hydrogens (tertiary/aromatic N) is 4. The molecule has 0 saturated carbocycles. The highest BCUT2D eigenvalue weighted by Gasteiger charge is 2.15. The van der Waals surface area contributed by atoms with E-state index in [1.807, 2.05) is 12.3 Å². The number of rotatable bonds is 4. The lowest BCUT2D eigenvalue weighted by Gasteiger charge is -2.15. The normalized spacial score (nSPS) is 16.5. The second kappa shape index (κ2) is 5.77. The van der Waals surface area contributed by atoms with Crippen LogP contribution in [0.15, 0.2) is 16.7 Å². The van der Waals surface area contributed by atoms with Crippen molar-refractivity contribution in [2.24, 2.45) is 0 Å². The number of halogens is 2. The van der Waals surface area contributed by atoms with E-state index in [2.05, 4.69) is 35.4 Å². The van der Waals surface area contributed by atoms with Crippen molar-refractivity contribution < 1.29 is 0 Å². The van der Waals surface area contributed by atoms with Crippen molar-refractivity contribution in [2.45, 2.75) is 25.3 Å². The highest BCUT2D eigenvalue weighted by molar-refractivity contribution is 9.10. The zero-order valence-corrected chi connectivity index (χ0v) is 13.0. The summed E-state index contributed by atoms with van der Waals surface area (Å²) in [7, 11) is 0. The Morgan fingerprint density at radius 1 is 1.26 bits per heavy atom. The van der Waals surface area contributed by atoms with Crippen molar-refractivity contribution in [1.29, 1.82) is 0 Å². The molecule has 0 amide bonds. The van der Waals surface area contributed by atoms with Gasteiger partial charge in [0.2, 0.25) is 0 Å². The van der Waals surface area contributed by atoms with E-state index in [1.54, 1.807) is 0 Å². The minimum Gasteiger partial charge on any atom is -0.310 e. The Labute approximate surface area is 125 Å². The molecule has 102 valence electrons. The average molecular weight is 344 g/mol. The molecule has 1 saturated heterocycles. The smallest absolute Gasteiger partial charge is 0.160 e. The molecular weight excluding hydrogens is 328 g/mol. The van der Waals surface area contributed by atoms with Crippen LogP contribution in [0.2, 0.25) is 0 Å². The Bertz CT molecular complexity index is 577. The van der Waals surface area contributed by atoms with Crippen molar-refractivity contribution >= 4 is 38.7 Å². The van der Waals surface area contributed by atoms with Gasteiger partial charge in [-0.2, -0.15) is 0 Å². The lowest BCUT2D eigenvalue weighted by Crippen LogP contribution is -2.24. The molecule has 0 aromatic carbocycles. The second-order valence-electron chi connectivity index (χ2n) is 4.86. The predicted octanol–water partition coefficient (Wildman–Crippen LogP) is 3.03. The molecule has 6 heteroatoms. The van der Waals surface area contributed by atoms with Gasteiger partial charge < -0.3 is 9.47 Å². The van der Waals surface area contributed by atoms with Crippen LogP contribution in [0.25, 0.3) is 11.2 Å². The lowest BCUT2D eigenvalue weighted by molar-refractivity contribution is 0.322. The van der Waals surface area contributed by atoms with Crippen molar-refractivity contribution in [3.63, 3.8) is 0 Å². The van der Waals surface area contributed by atoms with Gasteiger partial charge in [-0.1, -0.05) is 0 Å². The number of imidazole rings is 1. The Balaban J connectivity index is 1.87. The summed E-state index contributed by atoms with van der Waals surface area (Å²) >= 11 is 9.43. The molecule has 1 aliphatic rings. The van der Waals surface area contributed by atoms with Gasteiger partial charge in [-0.15, -0.1) is 11.6 Å². The van der Waals surface area contributed by atoms with E-state index in [4.69, 9.17) is 11.6 Å². The van der Waals surface area contributed by atoms with Gasteiger partial charge in [0.1, 0.15) is 11.3 Å². The van der Waals surface area contributed by atoms with Crippen molar-refractivity contribution in [1.82, 2.24) is 19.4 Å². The summed E-state index contributed by atoms with van der Waals surface area (Å²) < 4.78 is 3.10. The van der Waals surface area contributed by atoms with E-state index in [-0.39, 0.29) is 0 Å². The Morgan fingerprint density at radius 2 is 2.05 bits per heavy atom. The zero-order valence-electron chi connectivity index (χ0n) is 10.6. The van der Waals surface area contributed by atoms with Crippen LogP contribution >= 0.6 is 27.5 Å². The second-order valence-corrected chi connectivity index (χ2v) is 6.04. The Kier molecular flexibility index (Phi) is 4.05. The van der Waals surface area contributed by atoms with Crippen LogP contribution in [-0.4, -0.2) is 39.1 Å². The monoisotopic (exact) mass is 342 g/mol. The van der Waals surface area contributed by atoms with Gasteiger partial charge in [-0.25, -0.2) is 9.97 Å². The zero-order chi connectivity index (χ0) is 13.2. The van der Waals surface area contributed by atoms with E-state index in [0.717, 1.165) is 34.6 Å². The molecule has 4 nitrogen and oxygen atoms in total. The first kappa shape index (κ1) is 13.3. The number of fused-ring (bicyclic) bond motifs is 1. The number of aromatic nitrogens is 3. The number of alkyl halides is 1. The maximum absolute atomic E-state index is 6.00. The SMILES string of the molecule is ClCc1nc2cc(Br)cnc2n1CCN1CCCC1. The van der Waals surface area contributed by atoms with E-state index >= 15 is 0 Å². The summed E-state index contributed by atoms with van der Waals surface area (Å²) in [6.07, 6.45) is 4.45. The molecular formula is C13H16BrClN4. The summed E-state index contributed by atoms with van der Waals surface area (Å²) in [5.41, 5.74) is 1.84. The molecule has 0 atom stereocenters. The topological polar surface area (TPSA) is 34.0 Å². The van der Waals surface area contributed by atoms with E-state index in [1.165, 1.54) is 25.9 Å². The van der Waals surface area contributed by atoms with E-state index in [0.29, 0.717) is 5.88 Å². The van der Waals surface area contributed by atoms with Crippen molar-refractivity contribution in [2.75, 3.05) is 19.6 Å². The molecule has 0 bridgehead atoms. The van der Waals surface area contributed by atoms with Crippen LogP contribution in [0.1, 0.15) is 18.7 Å². The molecule has 0 radical (unpaired) electrons. The fraction of sp³-hybridized carbons (Fsp3) is 0.538. The summed E-state index contributed by atoms with van der Waals surface area (Å²) in [6, 6.07) is 1.99. The fourth-order valence-corrected chi connectivity index (χ4v) is 3.14. The number of pyridine rings is 1. The van der Waals surface area contributed by atoms with Gasteiger partial charge in [0.15, 0.2) is 5.65 Å². The first-order valence-corrected chi connectivity index (χ1v) is 7.89. The third-order valence-electron chi connectivity index (χ3n) is 3.59. The van der Waals surface area contributed by atoms with Gasteiger partial charge in [0.25, 0.3) is 0 Å². The molecule has 3 heterocycles. The molecule has 0 unspecified atom stereocenters. The third-order valence-corrected chi connectivity index (χ3v) is 4.26. The third kappa shape index (κ3) is 2.78. The summed E-state index contributed by atoms with van der Waals surface area (Å²) in [5, 5.41) is 0. The van der Waals surface area contributed by atoms with Gasteiger partial charge in [0.05, 0.1) is 5.88 Å². The minimum atomic E-state index is 0.425. The van der Waals surface area contributed by atoms with Crippen LogP contribution in [0.4, 0.5) is 0 Å². The molecule has 2 aromatic heterocycles. The van der Waals surface area contributed by atoms with Crippen LogP contribution in [0.3, 0.4) is 0 Å². The highest BCUT2D eigenvalue weighted by atomic mass is 79.9. The largest absolute Gasteiger partial charge is 0.310 e. The Morgan fingerprint density at radius 3 is 2.79 bits per heavy atom. The van der Waals surface area contributed by atoms with Gasteiger partial charge in [-0.05, 0) is 47.9 Å². The van der Waals surface area contributed by atoms with Gasteiger partial charge >= 0.3 is 0 Å². The van der Waals surface area contributed by atoms with Gasteiger partial charge in [0, 0.05) is 23.8 Å². The first-order valence-electron chi connectivity index (χ1n) is 6.57. The van der Waals surface area contributed by atoms with Crippen LogP contribution in [-0.2, 0) is 12.4 Å². The maximum Gasteiger partial charge on any atom is 0.160 e. The summed E-state index contributed by atoms with van der Waals surface area (Å²) in [5.74, 6) is 1.33. The highest BCUT2D eigenvalue weighted by Crippen LogP contribution is 2.20. The molecule has 1 fully saturated rings. The summed E-state index contributed by atoms with van der Waals surface area (Å²) in [6.45, 7) is 4.38. The standard InChI is InChI=1S/C13H16BrClN4/c14-10-7-11-13(16-9-10)19(12(8-15)17-11)6-5-18-3-1-2-4-18/h7,9H,1-6,8H2. The molecule has 0 spiro atoms. The van der Waals surface area contributed by atoms with Crippen LogP contribution < -0.4 is 0 Å². The average Bonchev–Trinajstić information content (AvgIpc) is 3.02. The minimum absolute atomic E-state index is 0.425. The molecule has 3 rings (SSSR count). The fourth-order valence-electron chi connectivity index (χ4n) is 2.62. The van der Waals surface area contributed by atoms with Crippen molar-refractivity contribution in [3.05, 3.63) is 22.6 Å². The van der Waals surface area contributed by atoms with Crippen LogP contribution in [0.5, 0.6) is 0 Å². The first-order chi connectivity index (χ1) is 9.28. The molecule has 1 aliphatic heterocycles.